The van der Waals surface area contributed by atoms with Crippen molar-refractivity contribution in [3.05, 3.63) is 29.3 Å². The third-order valence-electron chi connectivity index (χ3n) is 1.75. The fourth-order valence-corrected chi connectivity index (χ4v) is 1.17. The van der Waals surface area contributed by atoms with Gasteiger partial charge in [0.2, 0.25) is 12.8 Å². The van der Waals surface area contributed by atoms with Gasteiger partial charge in [-0.3, -0.25) is 0 Å². The largest absolute Gasteiger partial charge is 0.486 e. The van der Waals surface area contributed by atoms with Crippen molar-refractivity contribution in [3.8, 4) is 5.75 Å². The summed E-state index contributed by atoms with van der Waals surface area (Å²) in [5.41, 5.74) is 0.221. The highest BCUT2D eigenvalue weighted by atomic mass is 19.1. The number of nitrogens with zero attached hydrogens (tertiary/aromatic N) is 1. The minimum Gasteiger partial charge on any atom is -0.486 e. The molecule has 1 aliphatic rings. The molecule has 0 saturated heterocycles. The van der Waals surface area contributed by atoms with Gasteiger partial charge in [-0.05, 0) is 0 Å². The number of hydrogen-bond acceptors (Lipinski definition) is 2. The Bertz CT molecular complexity index is 363. The monoisotopic (exact) mass is 183 g/mol. The van der Waals surface area contributed by atoms with Gasteiger partial charge in [0.05, 0.1) is 0 Å². The predicted octanol–water partition coefficient (Wildman–Crippen LogP) is 1.11. The summed E-state index contributed by atoms with van der Waals surface area (Å²) in [6.07, 6.45) is 1.37. The third-order valence-corrected chi connectivity index (χ3v) is 1.75. The quantitative estimate of drug-likeness (QED) is 0.591. The number of rotatable bonds is 0. The van der Waals surface area contributed by atoms with E-state index in [1.165, 1.54) is 6.21 Å². The van der Waals surface area contributed by atoms with Crippen molar-refractivity contribution >= 4 is 6.21 Å². The molecule has 4 heteroatoms. The summed E-state index contributed by atoms with van der Waals surface area (Å²) in [5, 5.41) is 0. The maximum atomic E-state index is 13.1. The Balaban J connectivity index is 2.57. The predicted molar refractivity (Wildman–Crippen MR) is 44.0 cm³/mol. The minimum absolute atomic E-state index is 0.221. The van der Waals surface area contributed by atoms with Crippen LogP contribution in [-0.4, -0.2) is 19.4 Å². The first-order chi connectivity index (χ1) is 6.27. The van der Waals surface area contributed by atoms with Crippen molar-refractivity contribution in [2.45, 2.75) is 0 Å². The fourth-order valence-electron chi connectivity index (χ4n) is 1.17. The average molecular weight is 183 g/mol. The normalized spacial score (nSPS) is 14.6. The maximum absolute atomic E-state index is 13.1. The Morgan fingerprint density at radius 3 is 3.00 bits per heavy atom. The summed E-state index contributed by atoms with van der Waals surface area (Å²) in [5.74, 6) is -1.05. The van der Waals surface area contributed by atoms with Crippen molar-refractivity contribution in [3.63, 3.8) is 0 Å². The number of hydrogen-bond donors (Lipinski definition) is 0. The molecule has 0 unspecified atom stereocenters. The van der Waals surface area contributed by atoms with Gasteiger partial charge in [-0.2, -0.15) is 0 Å². The lowest BCUT2D eigenvalue weighted by atomic mass is 10.2. The second-order valence-electron chi connectivity index (χ2n) is 2.68. The van der Waals surface area contributed by atoms with Crippen molar-refractivity contribution < 1.29 is 13.5 Å². The van der Waals surface area contributed by atoms with Gasteiger partial charge in [0.25, 0.3) is 0 Å². The van der Waals surface area contributed by atoms with Gasteiger partial charge < -0.3 is 4.74 Å². The molecule has 0 fully saturated rings. The second kappa shape index (κ2) is 3.12. The van der Waals surface area contributed by atoms with Crippen molar-refractivity contribution in [1.29, 1.82) is 0 Å². The molecule has 2 rings (SSSR count). The van der Waals surface area contributed by atoms with Gasteiger partial charge in [-0.15, -0.1) is 0 Å². The SMILES string of the molecule is Fc1cc(F)c2c(c1)OCC[N+]=C2. The van der Waals surface area contributed by atoms with E-state index in [0.29, 0.717) is 13.2 Å². The van der Waals surface area contributed by atoms with E-state index >= 15 is 0 Å². The van der Waals surface area contributed by atoms with Crippen LogP contribution in [0.5, 0.6) is 5.75 Å². The first kappa shape index (κ1) is 8.16. The van der Waals surface area contributed by atoms with E-state index < -0.39 is 11.6 Å². The van der Waals surface area contributed by atoms with Crippen LogP contribution in [0, 0.1) is 11.6 Å². The molecule has 0 spiro atoms. The van der Waals surface area contributed by atoms with Crippen LogP contribution in [0.4, 0.5) is 8.78 Å². The van der Waals surface area contributed by atoms with Crippen LogP contribution in [0.1, 0.15) is 5.56 Å². The Hall–Kier alpha value is -1.45. The molecule has 1 aromatic rings. The molecule has 0 saturated carbocycles. The Labute approximate surface area is 73.9 Å². The molecule has 0 bridgehead atoms. The number of ether oxygens (including phenoxy) is 1. The van der Waals surface area contributed by atoms with Gasteiger partial charge in [-0.25, -0.2) is 8.78 Å². The zero-order chi connectivity index (χ0) is 9.26. The molecule has 2 nitrogen and oxygen atoms in total. The molecule has 0 atom stereocenters. The molecule has 67 valence electrons. The van der Waals surface area contributed by atoms with E-state index in [0.717, 1.165) is 12.1 Å². The van der Waals surface area contributed by atoms with E-state index in [4.69, 9.17) is 4.74 Å². The molecule has 1 aliphatic heterocycles. The Kier molecular flexibility index (Phi) is 1.96. The molecule has 0 amide bonds. The zero-order valence-electron chi connectivity index (χ0n) is 6.76. The Morgan fingerprint density at radius 2 is 2.15 bits per heavy atom. The third kappa shape index (κ3) is 1.52. The van der Waals surface area contributed by atoms with Gasteiger partial charge in [0.15, 0.2) is 6.61 Å². The number of aliphatic imine (C=N–C) groups is 1. The van der Waals surface area contributed by atoms with Crippen LogP contribution in [0.2, 0.25) is 0 Å². The first-order valence-electron chi connectivity index (χ1n) is 3.89. The van der Waals surface area contributed by atoms with E-state index in [1.807, 2.05) is 0 Å². The molecule has 0 aromatic heterocycles. The average Bonchev–Trinajstić information content (AvgIpc) is 2.28. The Morgan fingerprint density at radius 1 is 1.31 bits per heavy atom. The van der Waals surface area contributed by atoms with Crippen LogP contribution in [0.25, 0.3) is 0 Å². The topological polar surface area (TPSA) is 23.3 Å². The van der Waals surface area contributed by atoms with Gasteiger partial charge >= 0.3 is 0 Å². The minimum atomic E-state index is -0.638. The summed E-state index contributed by atoms with van der Waals surface area (Å²) < 4.78 is 30.9. The van der Waals surface area contributed by atoms with Crippen LogP contribution in [0.15, 0.2) is 12.1 Å². The first-order valence-corrected chi connectivity index (χ1v) is 3.89. The molecule has 1 radical (unpaired) electrons. The van der Waals surface area contributed by atoms with Crippen molar-refractivity contribution in [2.24, 2.45) is 0 Å². The van der Waals surface area contributed by atoms with Crippen molar-refractivity contribution in [1.82, 2.24) is 4.99 Å². The van der Waals surface area contributed by atoms with E-state index in [1.54, 1.807) is 0 Å². The maximum Gasteiger partial charge on any atom is 0.248 e. The molecule has 0 N–H and O–H groups in total. The number of halogens is 2. The van der Waals surface area contributed by atoms with Crippen molar-refractivity contribution in [2.75, 3.05) is 13.2 Å². The highest BCUT2D eigenvalue weighted by molar-refractivity contribution is 5.83. The highest BCUT2D eigenvalue weighted by Crippen LogP contribution is 2.22. The molecule has 1 aromatic carbocycles. The van der Waals surface area contributed by atoms with Crippen LogP contribution >= 0.6 is 0 Å². The zero-order valence-corrected chi connectivity index (χ0v) is 6.76. The lowest BCUT2D eigenvalue weighted by Gasteiger charge is -2.03. The lowest BCUT2D eigenvalue weighted by molar-refractivity contribution is 0.323. The van der Waals surface area contributed by atoms with E-state index in [-0.39, 0.29) is 11.3 Å². The van der Waals surface area contributed by atoms with E-state index in [2.05, 4.69) is 4.99 Å². The fraction of sp³-hybridized carbons (Fsp3) is 0.222. The lowest BCUT2D eigenvalue weighted by Crippen LogP contribution is -2.03. The van der Waals surface area contributed by atoms with Crippen LogP contribution in [0.3, 0.4) is 0 Å². The molecule has 1 heterocycles. The summed E-state index contributed by atoms with van der Waals surface area (Å²) in [7, 11) is 0. The van der Waals surface area contributed by atoms with Crippen LogP contribution < -0.4 is 9.73 Å². The van der Waals surface area contributed by atoms with E-state index in [9.17, 15) is 8.78 Å². The van der Waals surface area contributed by atoms with Gasteiger partial charge in [0.1, 0.15) is 22.9 Å². The summed E-state index contributed by atoms with van der Waals surface area (Å²) in [6.45, 7) is 0.822. The number of benzene rings is 1. The standard InChI is InChI=1S/C9H7F2NO/c10-6-3-8(11)7-5-12-1-2-13-9(7)4-6/h3-5H,1-2H2/q+1. The molecule has 13 heavy (non-hydrogen) atoms. The summed E-state index contributed by atoms with van der Waals surface area (Å²) >= 11 is 0. The smallest absolute Gasteiger partial charge is 0.248 e. The second-order valence-corrected chi connectivity index (χ2v) is 2.68. The summed E-state index contributed by atoms with van der Waals surface area (Å²) in [6, 6.07) is 1.98. The molecular formula is C9H7F2NO+. The summed E-state index contributed by atoms with van der Waals surface area (Å²) in [4.78, 5) is 3.89. The van der Waals surface area contributed by atoms with Gasteiger partial charge in [0, 0.05) is 17.1 Å². The van der Waals surface area contributed by atoms with Gasteiger partial charge in [-0.1, -0.05) is 0 Å². The number of fused-ring (bicyclic) bond motifs is 1. The highest BCUT2D eigenvalue weighted by Gasteiger charge is 2.17. The molecule has 0 aliphatic carbocycles. The molecular weight excluding hydrogens is 176 g/mol. The van der Waals surface area contributed by atoms with Crippen LogP contribution in [-0.2, 0) is 0 Å².